The Kier molecular flexibility index (Phi) is 5.85. The fourth-order valence-electron chi connectivity index (χ4n) is 0.774. The molecule has 0 radical (unpaired) electrons. The number of hydrogen-bond donors (Lipinski definition) is 1. The van der Waals surface area contributed by atoms with E-state index in [1.807, 2.05) is 0 Å². The molecule has 0 aromatic carbocycles. The molecule has 0 saturated heterocycles. The number of ketones is 2. The normalized spacial score (nSPS) is 13.6. The van der Waals surface area contributed by atoms with Gasteiger partial charge in [0.05, 0.1) is 14.4 Å². The molecule has 0 spiro atoms. The van der Waals surface area contributed by atoms with E-state index in [1.54, 1.807) is 6.92 Å². The van der Waals surface area contributed by atoms with Crippen molar-refractivity contribution in [1.29, 1.82) is 0 Å². The first-order valence-electron chi connectivity index (χ1n) is 4.19. The minimum Gasteiger partial charge on any atom is -0.790 e. The first-order chi connectivity index (χ1) is 6.78. The average Bonchev–Trinajstić information content (AvgIpc) is 2.12. The third-order valence-electron chi connectivity index (χ3n) is 1.45. The molecule has 0 saturated carbocycles. The van der Waals surface area contributed by atoms with Crippen LogP contribution in [-0.2, 0) is 18.7 Å². The quantitative estimate of drug-likeness (QED) is 0.406. The lowest BCUT2D eigenvalue weighted by molar-refractivity contribution is -0.342. The highest BCUT2D eigenvalue weighted by molar-refractivity contribution is 7.43. The van der Waals surface area contributed by atoms with Crippen LogP contribution in [0.2, 0.25) is 0 Å². The van der Waals surface area contributed by atoms with Crippen molar-refractivity contribution in [2.24, 2.45) is 0 Å². The average molecular weight is 238 g/mol. The van der Waals surface area contributed by atoms with Gasteiger partial charge in [0.25, 0.3) is 0 Å². The summed E-state index contributed by atoms with van der Waals surface area (Å²) >= 11 is 0. The number of carbonyl (C=O) groups excluding carboxylic acids is 2. The summed E-state index contributed by atoms with van der Waals surface area (Å²) in [4.78, 5) is 41.9. The predicted molar refractivity (Wildman–Crippen MR) is 44.5 cm³/mol. The van der Waals surface area contributed by atoms with E-state index in [2.05, 4.69) is 4.52 Å². The van der Waals surface area contributed by atoms with Crippen LogP contribution in [0.15, 0.2) is 0 Å². The monoisotopic (exact) mass is 238 g/mol. The summed E-state index contributed by atoms with van der Waals surface area (Å²) in [6.45, 7) is 0.649. The molecule has 8 heteroatoms. The highest BCUT2D eigenvalue weighted by atomic mass is 31.2. The number of rotatable bonds is 7. The summed E-state index contributed by atoms with van der Waals surface area (Å²) in [5.74, 6) is -1.97. The Bertz CT molecular complexity index is 281. The van der Waals surface area contributed by atoms with Crippen molar-refractivity contribution in [1.82, 2.24) is 0 Å². The second kappa shape index (κ2) is 6.09. The lowest BCUT2D eigenvalue weighted by Crippen LogP contribution is -2.33. The number of hydrogen-bond acceptors (Lipinski definition) is 7. The van der Waals surface area contributed by atoms with Crippen molar-refractivity contribution < 1.29 is 33.6 Å². The van der Waals surface area contributed by atoms with Gasteiger partial charge in [0, 0.05) is 6.42 Å². The van der Waals surface area contributed by atoms with Crippen LogP contribution in [0.1, 0.15) is 19.8 Å². The molecule has 88 valence electrons. The molecule has 0 aliphatic carbocycles. The summed E-state index contributed by atoms with van der Waals surface area (Å²) in [5, 5.41) is 8.98. The SMILES string of the molecule is CCCC(=O)C(=O)C(O)COP(=O)([O-])[O-]. The smallest absolute Gasteiger partial charge is 0.229 e. The number of phosphoric acid groups is 1. The van der Waals surface area contributed by atoms with Gasteiger partial charge in [-0.05, 0) is 6.42 Å². The first-order valence-corrected chi connectivity index (χ1v) is 5.65. The van der Waals surface area contributed by atoms with E-state index >= 15 is 0 Å². The van der Waals surface area contributed by atoms with Crippen LogP contribution < -0.4 is 9.79 Å². The molecule has 1 unspecified atom stereocenters. The molecular formula is C7H11O7P-2. The van der Waals surface area contributed by atoms with Gasteiger partial charge in [-0.3, -0.25) is 9.59 Å². The second-order valence-electron chi connectivity index (χ2n) is 2.80. The topological polar surface area (TPSA) is 127 Å². The fourth-order valence-corrected chi connectivity index (χ4v) is 1.10. The van der Waals surface area contributed by atoms with E-state index in [0.29, 0.717) is 6.42 Å². The van der Waals surface area contributed by atoms with Crippen LogP contribution in [0.3, 0.4) is 0 Å². The molecule has 0 fully saturated rings. The Labute approximate surface area is 86.3 Å². The number of aliphatic hydroxyl groups excluding tert-OH is 1. The minimum atomic E-state index is -5.23. The summed E-state index contributed by atoms with van der Waals surface area (Å²) < 4.78 is 13.7. The lowest BCUT2D eigenvalue weighted by Gasteiger charge is -2.29. The largest absolute Gasteiger partial charge is 0.790 e. The molecule has 0 aliphatic heterocycles. The molecule has 0 aliphatic rings. The third-order valence-corrected chi connectivity index (χ3v) is 1.91. The Balaban J connectivity index is 4.11. The molecule has 7 nitrogen and oxygen atoms in total. The van der Waals surface area contributed by atoms with Crippen LogP contribution in [0.5, 0.6) is 0 Å². The Hall–Kier alpha value is -0.590. The molecule has 0 bridgehead atoms. The Morgan fingerprint density at radius 3 is 2.40 bits per heavy atom. The number of carbonyl (C=O) groups is 2. The fraction of sp³-hybridized carbons (Fsp3) is 0.714. The molecular weight excluding hydrogens is 227 g/mol. The summed E-state index contributed by atoms with van der Waals surface area (Å²) in [6.07, 6.45) is -1.51. The van der Waals surface area contributed by atoms with Gasteiger partial charge in [0.1, 0.15) is 6.10 Å². The van der Waals surface area contributed by atoms with Crippen LogP contribution in [0.25, 0.3) is 0 Å². The van der Waals surface area contributed by atoms with Gasteiger partial charge in [-0.2, -0.15) is 0 Å². The molecule has 0 aromatic rings. The van der Waals surface area contributed by atoms with Crippen LogP contribution >= 0.6 is 7.82 Å². The van der Waals surface area contributed by atoms with E-state index in [4.69, 9.17) is 5.11 Å². The maximum absolute atomic E-state index is 11.0. The van der Waals surface area contributed by atoms with Gasteiger partial charge >= 0.3 is 0 Å². The predicted octanol–water partition coefficient (Wildman–Crippen LogP) is -1.87. The van der Waals surface area contributed by atoms with Gasteiger partial charge in [0.2, 0.25) is 11.6 Å². The molecule has 1 atom stereocenters. The second-order valence-corrected chi connectivity index (χ2v) is 3.95. The summed E-state index contributed by atoms with van der Waals surface area (Å²) in [7, 11) is -5.23. The maximum atomic E-state index is 11.0. The van der Waals surface area contributed by atoms with Crippen molar-refractivity contribution in [2.45, 2.75) is 25.9 Å². The molecule has 0 rings (SSSR count). The third kappa shape index (κ3) is 6.48. The Morgan fingerprint density at radius 2 is 2.00 bits per heavy atom. The minimum absolute atomic E-state index is 0.0394. The van der Waals surface area contributed by atoms with Gasteiger partial charge in [-0.1, -0.05) is 6.92 Å². The summed E-state index contributed by atoms with van der Waals surface area (Å²) in [6, 6.07) is 0. The lowest BCUT2D eigenvalue weighted by atomic mass is 10.1. The van der Waals surface area contributed by atoms with Crippen molar-refractivity contribution in [3.8, 4) is 0 Å². The van der Waals surface area contributed by atoms with Crippen LogP contribution in [0, 0.1) is 0 Å². The highest BCUT2D eigenvalue weighted by Crippen LogP contribution is 2.24. The molecule has 0 heterocycles. The van der Waals surface area contributed by atoms with E-state index in [-0.39, 0.29) is 6.42 Å². The van der Waals surface area contributed by atoms with Crippen molar-refractivity contribution in [2.75, 3.05) is 6.61 Å². The zero-order valence-corrected chi connectivity index (χ0v) is 8.94. The molecule has 15 heavy (non-hydrogen) atoms. The van der Waals surface area contributed by atoms with Gasteiger partial charge < -0.3 is 24.0 Å². The van der Waals surface area contributed by atoms with E-state index in [0.717, 1.165) is 0 Å². The molecule has 1 N–H and O–H groups in total. The van der Waals surface area contributed by atoms with E-state index in [9.17, 15) is 23.9 Å². The van der Waals surface area contributed by atoms with E-state index in [1.165, 1.54) is 0 Å². The maximum Gasteiger partial charge on any atom is 0.229 e. The van der Waals surface area contributed by atoms with Gasteiger partial charge in [-0.25, -0.2) is 0 Å². The van der Waals surface area contributed by atoms with Crippen molar-refractivity contribution in [3.05, 3.63) is 0 Å². The molecule has 0 amide bonds. The zero-order valence-electron chi connectivity index (χ0n) is 8.04. The number of phosphoric ester groups is 1. The zero-order chi connectivity index (χ0) is 12.1. The molecule has 0 aromatic heterocycles. The van der Waals surface area contributed by atoms with Crippen LogP contribution in [-0.4, -0.2) is 29.4 Å². The van der Waals surface area contributed by atoms with Crippen molar-refractivity contribution >= 4 is 19.4 Å². The first kappa shape index (κ1) is 14.4. The number of aliphatic hydroxyl groups is 1. The Morgan fingerprint density at radius 1 is 1.47 bits per heavy atom. The standard InChI is InChI=1S/C7H13O7P/c1-2-3-5(8)7(10)6(9)4-14-15(11,12)13/h6,9H,2-4H2,1H3,(H2,11,12,13)/p-2. The van der Waals surface area contributed by atoms with Crippen molar-refractivity contribution in [3.63, 3.8) is 0 Å². The van der Waals surface area contributed by atoms with E-state index < -0.39 is 32.1 Å². The summed E-state index contributed by atoms with van der Waals surface area (Å²) in [5.41, 5.74) is 0. The van der Waals surface area contributed by atoms with Gasteiger partial charge in [0.15, 0.2) is 0 Å². The number of Topliss-reactive ketones (excluding diaryl/α,β-unsaturated/α-hetero) is 2. The highest BCUT2D eigenvalue weighted by Gasteiger charge is 2.22. The van der Waals surface area contributed by atoms with Gasteiger partial charge in [-0.15, -0.1) is 0 Å². The van der Waals surface area contributed by atoms with Crippen LogP contribution in [0.4, 0.5) is 0 Å².